The summed E-state index contributed by atoms with van der Waals surface area (Å²) >= 11 is 0. The number of aromatic nitrogens is 2. The highest BCUT2D eigenvalue weighted by Crippen LogP contribution is 2.30. The van der Waals surface area contributed by atoms with Crippen molar-refractivity contribution in [2.45, 2.75) is 36.5 Å². The molecule has 3 heterocycles. The van der Waals surface area contributed by atoms with Crippen LogP contribution in [0.2, 0.25) is 0 Å². The number of nitrogens with one attached hydrogen (secondary N) is 1. The molecule has 0 saturated carbocycles. The van der Waals surface area contributed by atoms with Gasteiger partial charge in [0.15, 0.2) is 0 Å². The molecule has 194 valence electrons. The number of likely N-dealkylation sites (N-methyl/N-ethyl adjacent to an activating group) is 1. The largest absolute Gasteiger partial charge is 0.417 e. The lowest BCUT2D eigenvalue weighted by Crippen LogP contribution is -2.42. The number of pyridine rings is 1. The Hall–Kier alpha value is -2.89. The Bertz CT molecular complexity index is 1250. The van der Waals surface area contributed by atoms with Crippen LogP contribution in [0.4, 0.5) is 19.0 Å². The molecule has 1 saturated heterocycles. The predicted octanol–water partition coefficient (Wildman–Crippen LogP) is 4.40. The number of rotatable bonds is 8. The van der Waals surface area contributed by atoms with Crippen LogP contribution in [0.15, 0.2) is 65.8 Å². The van der Waals surface area contributed by atoms with E-state index in [4.69, 9.17) is 0 Å². The molecule has 36 heavy (non-hydrogen) atoms. The fourth-order valence-corrected chi connectivity index (χ4v) is 5.69. The van der Waals surface area contributed by atoms with Gasteiger partial charge in [0.2, 0.25) is 10.0 Å². The number of sulfonamides is 1. The van der Waals surface area contributed by atoms with Crippen LogP contribution >= 0.6 is 0 Å². The van der Waals surface area contributed by atoms with Gasteiger partial charge < -0.3 is 14.8 Å². The highest BCUT2D eigenvalue weighted by Gasteiger charge is 2.32. The summed E-state index contributed by atoms with van der Waals surface area (Å²) < 4.78 is 68.2. The fourth-order valence-electron chi connectivity index (χ4n) is 4.22. The first-order valence-corrected chi connectivity index (χ1v) is 13.2. The minimum atomic E-state index is -4.43. The number of hydrogen-bond acceptors (Lipinski definition) is 5. The molecule has 1 aromatic carbocycles. The molecule has 3 aromatic rings. The van der Waals surface area contributed by atoms with Gasteiger partial charge in [0, 0.05) is 50.3 Å². The smallest absolute Gasteiger partial charge is 0.367 e. The Morgan fingerprint density at radius 3 is 2.33 bits per heavy atom. The number of hydrogen-bond donors (Lipinski definition) is 1. The average molecular weight is 522 g/mol. The maximum absolute atomic E-state index is 13.2. The number of piperidine rings is 1. The van der Waals surface area contributed by atoms with E-state index < -0.39 is 21.8 Å². The monoisotopic (exact) mass is 521 g/mol. The van der Waals surface area contributed by atoms with Gasteiger partial charge in [-0.05, 0) is 68.9 Å². The van der Waals surface area contributed by atoms with Crippen LogP contribution in [0.5, 0.6) is 0 Å². The van der Waals surface area contributed by atoms with Gasteiger partial charge in [0.1, 0.15) is 5.82 Å². The Morgan fingerprint density at radius 1 is 1.06 bits per heavy atom. The van der Waals surface area contributed by atoms with Crippen LogP contribution in [-0.4, -0.2) is 66.9 Å². The summed E-state index contributed by atoms with van der Waals surface area (Å²) in [5.74, 6) is 0.343. The molecule has 0 spiro atoms. The first-order chi connectivity index (χ1) is 17.0. The summed E-state index contributed by atoms with van der Waals surface area (Å²) in [6.45, 7) is 2.36. The van der Waals surface area contributed by atoms with Crippen LogP contribution in [0.3, 0.4) is 0 Å². The van der Waals surface area contributed by atoms with Gasteiger partial charge in [-0.2, -0.15) is 17.5 Å². The lowest BCUT2D eigenvalue weighted by atomic mass is 10.1. The van der Waals surface area contributed by atoms with E-state index in [2.05, 4.69) is 19.8 Å². The Balaban J connectivity index is 1.36. The highest BCUT2D eigenvalue weighted by atomic mass is 32.2. The first kappa shape index (κ1) is 26.2. The van der Waals surface area contributed by atoms with Gasteiger partial charge >= 0.3 is 6.18 Å². The van der Waals surface area contributed by atoms with E-state index in [1.54, 1.807) is 12.1 Å². The SMILES string of the molecule is CN(C)CCn1cccc1-c1ccc(S(=O)(=O)N2CCC(Nc3ccc(C(F)(F)F)cn3)CC2)cc1. The topological polar surface area (TPSA) is 70.5 Å². The van der Waals surface area contributed by atoms with Crippen molar-refractivity contribution in [1.82, 2.24) is 18.8 Å². The van der Waals surface area contributed by atoms with Crippen LogP contribution in [0.25, 0.3) is 11.3 Å². The Morgan fingerprint density at radius 2 is 1.75 bits per heavy atom. The molecular weight excluding hydrogens is 491 g/mol. The minimum absolute atomic E-state index is 0.0713. The van der Waals surface area contributed by atoms with E-state index in [-0.39, 0.29) is 10.9 Å². The quantitative estimate of drug-likeness (QED) is 0.476. The average Bonchev–Trinajstić information content (AvgIpc) is 3.32. The van der Waals surface area contributed by atoms with Crippen molar-refractivity contribution in [2.24, 2.45) is 0 Å². The second kappa shape index (κ2) is 10.6. The molecular formula is C25H30F3N5O2S. The molecule has 7 nitrogen and oxygen atoms in total. The summed E-state index contributed by atoms with van der Waals surface area (Å²) in [7, 11) is 0.396. The predicted molar refractivity (Wildman–Crippen MR) is 133 cm³/mol. The van der Waals surface area contributed by atoms with E-state index in [9.17, 15) is 21.6 Å². The molecule has 0 radical (unpaired) electrons. The van der Waals surface area contributed by atoms with Gasteiger partial charge in [-0.3, -0.25) is 0 Å². The van der Waals surface area contributed by atoms with Gasteiger partial charge in [0.05, 0.1) is 10.5 Å². The van der Waals surface area contributed by atoms with E-state index in [1.165, 1.54) is 10.4 Å². The number of anilines is 1. The van der Waals surface area contributed by atoms with Crippen LogP contribution in [0.1, 0.15) is 18.4 Å². The van der Waals surface area contributed by atoms with Crippen molar-refractivity contribution < 1.29 is 21.6 Å². The molecule has 0 bridgehead atoms. The van der Waals surface area contributed by atoms with Gasteiger partial charge in [0.25, 0.3) is 0 Å². The van der Waals surface area contributed by atoms with E-state index in [0.717, 1.165) is 36.6 Å². The van der Waals surface area contributed by atoms with Crippen LogP contribution in [-0.2, 0) is 22.7 Å². The summed E-state index contributed by atoms with van der Waals surface area (Å²) in [5, 5.41) is 3.11. The lowest BCUT2D eigenvalue weighted by Gasteiger charge is -2.32. The zero-order valence-electron chi connectivity index (χ0n) is 20.2. The second-order valence-electron chi connectivity index (χ2n) is 9.17. The van der Waals surface area contributed by atoms with Crippen molar-refractivity contribution in [3.05, 3.63) is 66.5 Å². The third kappa shape index (κ3) is 6.08. The number of nitrogens with zero attached hydrogens (tertiary/aromatic N) is 4. The second-order valence-corrected chi connectivity index (χ2v) is 11.1. The Labute approximate surface area is 209 Å². The van der Waals surface area contributed by atoms with Crippen LogP contribution < -0.4 is 5.32 Å². The standard InChI is InChI=1S/C25H30F3N5O2S/c1-31(2)16-17-32-13-3-4-23(32)19-5-8-22(9-6-19)36(34,35)33-14-11-21(12-15-33)30-24-10-7-20(18-29-24)25(26,27)28/h3-10,13,18,21H,11-12,14-17H2,1-2H3,(H,29,30). The maximum atomic E-state index is 13.2. The molecule has 1 fully saturated rings. The fraction of sp³-hybridized carbons (Fsp3) is 0.400. The number of alkyl halides is 3. The van der Waals surface area contributed by atoms with Crippen molar-refractivity contribution >= 4 is 15.8 Å². The highest BCUT2D eigenvalue weighted by molar-refractivity contribution is 7.89. The third-order valence-corrected chi connectivity index (χ3v) is 8.22. The molecule has 1 N–H and O–H groups in total. The van der Waals surface area contributed by atoms with E-state index >= 15 is 0 Å². The number of benzene rings is 1. The molecule has 11 heteroatoms. The third-order valence-electron chi connectivity index (χ3n) is 6.30. The molecule has 0 amide bonds. The summed E-state index contributed by atoms with van der Waals surface area (Å²) in [6.07, 6.45) is -0.564. The number of halogens is 3. The van der Waals surface area contributed by atoms with Gasteiger partial charge in [-0.15, -0.1) is 0 Å². The van der Waals surface area contributed by atoms with Crippen molar-refractivity contribution in [3.8, 4) is 11.3 Å². The summed E-state index contributed by atoms with van der Waals surface area (Å²) in [6, 6.07) is 13.2. The van der Waals surface area contributed by atoms with E-state index in [0.29, 0.717) is 31.7 Å². The molecule has 1 aliphatic rings. The summed E-state index contributed by atoms with van der Waals surface area (Å²) in [5.41, 5.74) is 1.18. The first-order valence-electron chi connectivity index (χ1n) is 11.7. The molecule has 0 aliphatic carbocycles. The van der Waals surface area contributed by atoms with E-state index in [1.807, 2.05) is 44.6 Å². The Kier molecular flexibility index (Phi) is 7.72. The normalized spacial score (nSPS) is 15.9. The lowest BCUT2D eigenvalue weighted by molar-refractivity contribution is -0.137. The van der Waals surface area contributed by atoms with Crippen molar-refractivity contribution in [3.63, 3.8) is 0 Å². The van der Waals surface area contributed by atoms with Crippen molar-refractivity contribution in [1.29, 1.82) is 0 Å². The molecule has 1 aliphatic heterocycles. The molecule has 0 unspecified atom stereocenters. The van der Waals surface area contributed by atoms with Gasteiger partial charge in [-0.25, -0.2) is 13.4 Å². The maximum Gasteiger partial charge on any atom is 0.417 e. The van der Waals surface area contributed by atoms with Crippen molar-refractivity contribution in [2.75, 3.05) is 39.0 Å². The minimum Gasteiger partial charge on any atom is -0.367 e. The zero-order chi connectivity index (χ0) is 25.9. The van der Waals surface area contributed by atoms with Gasteiger partial charge in [-0.1, -0.05) is 12.1 Å². The molecule has 0 atom stereocenters. The van der Waals surface area contributed by atoms with Crippen LogP contribution in [0, 0.1) is 0 Å². The molecule has 4 rings (SSSR count). The summed E-state index contributed by atoms with van der Waals surface area (Å²) in [4.78, 5) is 6.20. The molecule has 2 aromatic heterocycles. The zero-order valence-corrected chi connectivity index (χ0v) is 21.1.